The van der Waals surface area contributed by atoms with E-state index in [1.54, 1.807) is 12.1 Å². The van der Waals surface area contributed by atoms with Gasteiger partial charge in [-0.15, -0.1) is 0 Å². The molecule has 1 aliphatic heterocycles. The van der Waals surface area contributed by atoms with E-state index >= 15 is 0 Å². The van der Waals surface area contributed by atoms with Gasteiger partial charge < -0.3 is 39.8 Å². The fraction of sp³-hybridized carbons (Fsp3) is 0.400. The second-order valence-electron chi connectivity index (χ2n) is 5.04. The van der Waals surface area contributed by atoms with Crippen LogP contribution in [0.15, 0.2) is 30.3 Å². The van der Waals surface area contributed by atoms with Gasteiger partial charge in [0.1, 0.15) is 30.2 Å². The van der Waals surface area contributed by atoms with Gasteiger partial charge in [0.25, 0.3) is 0 Å². The van der Waals surface area contributed by atoms with Gasteiger partial charge in [0.05, 0.1) is 12.6 Å². The zero-order valence-corrected chi connectivity index (χ0v) is 16.1. The quantitative estimate of drug-likeness (QED) is 0.300. The first-order valence-electron chi connectivity index (χ1n) is 6.88. The number of carbonyl (C=O) groups is 1. The van der Waals surface area contributed by atoms with E-state index in [9.17, 15) is 25.2 Å². The fourth-order valence-electron chi connectivity index (χ4n) is 2.12. The maximum absolute atomic E-state index is 10.3. The van der Waals surface area contributed by atoms with Crippen molar-refractivity contribution in [2.24, 2.45) is 0 Å². The summed E-state index contributed by atoms with van der Waals surface area (Å²) in [6, 6.07) is 6.16. The number of aliphatic carboxylic acids is 1. The van der Waals surface area contributed by atoms with Crippen LogP contribution in [-0.2, 0) is 9.53 Å². The van der Waals surface area contributed by atoms with Gasteiger partial charge in [0, 0.05) is 0 Å². The summed E-state index contributed by atoms with van der Waals surface area (Å²) >= 11 is 0. The Labute approximate surface area is 180 Å². The molecular weight excluding hydrogens is 347 g/mol. The van der Waals surface area contributed by atoms with E-state index in [0.717, 1.165) is 6.08 Å². The average molecular weight is 364 g/mol. The largest absolute Gasteiger partial charge is 1.00 e. The van der Waals surface area contributed by atoms with Crippen molar-refractivity contribution < 1.29 is 91.2 Å². The van der Waals surface area contributed by atoms with E-state index in [1.807, 2.05) is 0 Å². The Morgan fingerprint density at radius 1 is 1.17 bits per heavy atom. The summed E-state index contributed by atoms with van der Waals surface area (Å²) in [5, 5.41) is 48.6. The van der Waals surface area contributed by atoms with Gasteiger partial charge in [-0.3, -0.25) is 0 Å². The van der Waals surface area contributed by atoms with Gasteiger partial charge >= 0.3 is 51.4 Å². The molecule has 0 spiro atoms. The molecule has 0 amide bonds. The molecule has 8 nitrogen and oxygen atoms in total. The summed E-state index contributed by atoms with van der Waals surface area (Å²) in [5.74, 6) is -1.02. The minimum atomic E-state index is -1.52. The Morgan fingerprint density at radius 2 is 1.79 bits per heavy atom. The van der Waals surface area contributed by atoms with Crippen molar-refractivity contribution in [2.45, 2.75) is 30.7 Å². The molecule has 24 heavy (non-hydrogen) atoms. The normalized spacial score (nSPS) is 29.9. The van der Waals surface area contributed by atoms with Crippen LogP contribution in [-0.4, -0.2) is 63.7 Å². The molecule has 0 bridgehead atoms. The van der Waals surface area contributed by atoms with Gasteiger partial charge in [-0.1, -0.05) is 18.2 Å². The maximum Gasteiger partial charge on any atom is 1.00 e. The number of benzene rings is 1. The predicted octanol–water partition coefficient (Wildman–Crippen LogP) is -5.37. The van der Waals surface area contributed by atoms with E-state index in [-0.39, 0.29) is 51.4 Å². The molecule has 1 heterocycles. The van der Waals surface area contributed by atoms with Crippen LogP contribution >= 0.6 is 0 Å². The van der Waals surface area contributed by atoms with Crippen molar-refractivity contribution >= 4 is 12.0 Å². The molecule has 0 unspecified atom stereocenters. The molecule has 2 rings (SSSR count). The van der Waals surface area contributed by atoms with Crippen LogP contribution in [0, 0.1) is 0 Å². The van der Waals surface area contributed by atoms with Crippen molar-refractivity contribution in [3.8, 4) is 5.75 Å². The second-order valence-corrected chi connectivity index (χ2v) is 5.04. The van der Waals surface area contributed by atoms with Crippen molar-refractivity contribution in [3.63, 3.8) is 0 Å². The average Bonchev–Trinajstić information content (AvgIpc) is 2.54. The molecule has 1 aliphatic rings. The maximum atomic E-state index is 10.3. The fourth-order valence-corrected chi connectivity index (χ4v) is 2.12. The van der Waals surface area contributed by atoms with Gasteiger partial charge in [0.2, 0.25) is 6.29 Å². The Balaban J connectivity index is 0.00000288. The van der Waals surface area contributed by atoms with Crippen LogP contribution < -0.4 is 61.2 Å². The summed E-state index contributed by atoms with van der Waals surface area (Å²) < 4.78 is 10.6. The Bertz CT molecular complexity index is 559. The van der Waals surface area contributed by atoms with E-state index in [0.29, 0.717) is 11.3 Å². The standard InChI is InChI=1S/C15H18O8.K/c16-7-10-12(19)13(20)14(21)15(23-10)22-9-4-1-8(2-5-9)3-6-11(17)18;/h1-6,10,12-16,19-21H,7H2,(H,17,18);/q;+1/p-1/b6-3+;/t10-,12+,13+,14-,15-;/m1./s1. The van der Waals surface area contributed by atoms with E-state index in [1.165, 1.54) is 18.2 Å². The number of carboxylic acids is 1. The molecule has 126 valence electrons. The van der Waals surface area contributed by atoms with E-state index in [2.05, 4.69) is 0 Å². The Hall–Kier alpha value is -0.334. The van der Waals surface area contributed by atoms with Crippen LogP contribution in [0.5, 0.6) is 5.75 Å². The molecule has 9 heteroatoms. The molecule has 1 saturated heterocycles. The molecule has 4 N–H and O–H groups in total. The zero-order valence-electron chi connectivity index (χ0n) is 13.0. The summed E-state index contributed by atoms with van der Waals surface area (Å²) in [5.41, 5.74) is 0.593. The zero-order chi connectivity index (χ0) is 17.0. The number of rotatable bonds is 5. The summed E-state index contributed by atoms with van der Waals surface area (Å²) in [6.45, 7) is -0.544. The van der Waals surface area contributed by atoms with Crippen LogP contribution in [0.4, 0.5) is 0 Å². The number of hydrogen-bond donors (Lipinski definition) is 4. The van der Waals surface area contributed by atoms with Crippen molar-refractivity contribution in [1.82, 2.24) is 0 Å². The summed E-state index contributed by atoms with van der Waals surface area (Å²) in [7, 11) is 0. The number of carbonyl (C=O) groups excluding carboxylic acids is 1. The number of aliphatic hydroxyl groups is 4. The van der Waals surface area contributed by atoms with E-state index in [4.69, 9.17) is 14.6 Å². The number of hydrogen-bond acceptors (Lipinski definition) is 8. The second kappa shape index (κ2) is 9.97. The molecule has 1 aromatic rings. The molecule has 5 atom stereocenters. The first kappa shape index (κ1) is 21.7. The monoisotopic (exact) mass is 364 g/mol. The van der Waals surface area contributed by atoms with Crippen LogP contribution in [0.3, 0.4) is 0 Å². The summed E-state index contributed by atoms with van der Waals surface area (Å²) in [6.07, 6.45) is -4.56. The minimum Gasteiger partial charge on any atom is -0.545 e. The van der Waals surface area contributed by atoms with Gasteiger partial charge in [0.15, 0.2) is 0 Å². The van der Waals surface area contributed by atoms with Crippen molar-refractivity contribution in [1.29, 1.82) is 0 Å². The van der Waals surface area contributed by atoms with Gasteiger partial charge in [-0.25, -0.2) is 0 Å². The van der Waals surface area contributed by atoms with Crippen LogP contribution in [0.1, 0.15) is 5.56 Å². The third-order valence-electron chi connectivity index (χ3n) is 3.39. The van der Waals surface area contributed by atoms with Crippen LogP contribution in [0.2, 0.25) is 0 Å². The molecular formula is C15H17KO8. The molecule has 0 saturated carbocycles. The van der Waals surface area contributed by atoms with Crippen molar-refractivity contribution in [2.75, 3.05) is 6.61 Å². The first-order valence-corrected chi connectivity index (χ1v) is 6.88. The Kier molecular flexibility index (Phi) is 9.02. The smallest absolute Gasteiger partial charge is 0.545 e. The predicted molar refractivity (Wildman–Crippen MR) is 74.9 cm³/mol. The molecule has 0 aromatic heterocycles. The topological polar surface area (TPSA) is 140 Å². The molecule has 1 aromatic carbocycles. The third-order valence-corrected chi connectivity index (χ3v) is 3.39. The van der Waals surface area contributed by atoms with Gasteiger partial charge in [-0.2, -0.15) is 0 Å². The number of ether oxygens (including phenoxy) is 2. The Morgan fingerprint density at radius 3 is 2.33 bits per heavy atom. The molecule has 0 aliphatic carbocycles. The molecule has 1 fully saturated rings. The minimum absolute atomic E-state index is 0. The van der Waals surface area contributed by atoms with E-state index < -0.39 is 43.3 Å². The van der Waals surface area contributed by atoms with Crippen LogP contribution in [0.25, 0.3) is 6.08 Å². The SMILES string of the molecule is O=C([O-])/C=C/c1ccc(O[C@@H]2O[C@H](CO)[C@H](O)[C@H](O)[C@H]2O)cc1.[K+]. The van der Waals surface area contributed by atoms with Gasteiger partial charge in [-0.05, 0) is 23.8 Å². The third kappa shape index (κ3) is 5.60. The molecule has 0 radical (unpaired) electrons. The number of carboxylic acid groups (broad SMARTS) is 1. The first-order chi connectivity index (χ1) is 10.9. The number of aliphatic hydroxyl groups excluding tert-OH is 4. The summed E-state index contributed by atoms with van der Waals surface area (Å²) in [4.78, 5) is 10.3. The van der Waals surface area contributed by atoms with Crippen molar-refractivity contribution in [3.05, 3.63) is 35.9 Å².